The lowest BCUT2D eigenvalue weighted by Crippen LogP contribution is -2.28. The number of urea groups is 1. The lowest BCUT2D eigenvalue weighted by Gasteiger charge is -2.10. The van der Waals surface area contributed by atoms with Crippen LogP contribution in [0.15, 0.2) is 36.5 Å². The van der Waals surface area contributed by atoms with E-state index in [1.165, 1.54) is 18.3 Å². The van der Waals surface area contributed by atoms with Crippen LogP contribution in [0.1, 0.15) is 17.3 Å². The molecule has 0 fully saturated rings. The molecule has 0 unspecified atom stereocenters. The largest absolute Gasteiger partial charge is 0.366 e. The first kappa shape index (κ1) is 18.3. The molecule has 5 N–H and O–H groups in total. The summed E-state index contributed by atoms with van der Waals surface area (Å²) < 4.78 is 0. The predicted octanol–water partition coefficient (Wildman–Crippen LogP) is 2.66. The van der Waals surface area contributed by atoms with Crippen LogP contribution in [0.4, 0.5) is 22.1 Å². The molecular formula is C17H16ClN7O2. The van der Waals surface area contributed by atoms with Crippen molar-refractivity contribution in [3.05, 3.63) is 47.1 Å². The standard InChI is InChI=1S/C17H16ClN7O2/c1-2-20-17(27)25-13-6-5-11-16(23-13)24-14(8-21-11)22-12-7-9(15(19)26)3-4-10(12)18/h3-8H,2H2,1H3,(H2,19,26)(H3,20,22,23,24,25,27). The van der Waals surface area contributed by atoms with Crippen LogP contribution in [0.25, 0.3) is 11.2 Å². The number of nitrogens with two attached hydrogens (primary N) is 1. The van der Waals surface area contributed by atoms with Gasteiger partial charge < -0.3 is 16.4 Å². The van der Waals surface area contributed by atoms with Gasteiger partial charge in [0.05, 0.1) is 16.9 Å². The molecule has 0 atom stereocenters. The molecule has 10 heteroatoms. The van der Waals surface area contributed by atoms with Crippen molar-refractivity contribution in [2.75, 3.05) is 17.2 Å². The van der Waals surface area contributed by atoms with E-state index in [0.717, 1.165) is 0 Å². The third-order valence-corrected chi connectivity index (χ3v) is 3.83. The van der Waals surface area contributed by atoms with Crippen LogP contribution in [0.5, 0.6) is 0 Å². The van der Waals surface area contributed by atoms with Crippen LogP contribution in [0.3, 0.4) is 0 Å². The van der Waals surface area contributed by atoms with E-state index < -0.39 is 5.91 Å². The Labute approximate surface area is 159 Å². The monoisotopic (exact) mass is 385 g/mol. The summed E-state index contributed by atoms with van der Waals surface area (Å²) in [5.41, 5.74) is 6.94. The summed E-state index contributed by atoms with van der Waals surface area (Å²) in [5.74, 6) is 0.143. The molecule has 9 nitrogen and oxygen atoms in total. The third kappa shape index (κ3) is 4.39. The van der Waals surface area contributed by atoms with E-state index in [2.05, 4.69) is 30.9 Å². The second-order valence-electron chi connectivity index (χ2n) is 5.46. The molecule has 2 aromatic heterocycles. The van der Waals surface area contributed by atoms with Crippen molar-refractivity contribution in [2.24, 2.45) is 5.73 Å². The zero-order valence-electron chi connectivity index (χ0n) is 14.3. The second kappa shape index (κ2) is 7.83. The molecular weight excluding hydrogens is 370 g/mol. The van der Waals surface area contributed by atoms with Crippen LogP contribution in [0, 0.1) is 0 Å². The Morgan fingerprint density at radius 3 is 2.67 bits per heavy atom. The number of aromatic nitrogens is 3. The molecule has 0 aliphatic carbocycles. The summed E-state index contributed by atoms with van der Waals surface area (Å²) >= 11 is 6.15. The van der Waals surface area contributed by atoms with Gasteiger partial charge in [-0.1, -0.05) is 11.6 Å². The maximum atomic E-state index is 11.6. The Bertz CT molecular complexity index is 1030. The van der Waals surface area contributed by atoms with Gasteiger partial charge in [0.15, 0.2) is 11.5 Å². The molecule has 27 heavy (non-hydrogen) atoms. The number of pyridine rings is 1. The van der Waals surface area contributed by atoms with Gasteiger partial charge in [-0.05, 0) is 37.3 Å². The number of hydrogen-bond donors (Lipinski definition) is 4. The summed E-state index contributed by atoms with van der Waals surface area (Å²) in [6.07, 6.45) is 1.51. The smallest absolute Gasteiger partial charge is 0.320 e. The van der Waals surface area contributed by atoms with Gasteiger partial charge in [-0.15, -0.1) is 0 Å². The van der Waals surface area contributed by atoms with E-state index in [1.807, 2.05) is 6.92 Å². The normalized spacial score (nSPS) is 10.4. The Hall–Kier alpha value is -3.46. The van der Waals surface area contributed by atoms with E-state index in [9.17, 15) is 9.59 Å². The van der Waals surface area contributed by atoms with Gasteiger partial charge in [-0.25, -0.2) is 19.7 Å². The van der Waals surface area contributed by atoms with Crippen molar-refractivity contribution < 1.29 is 9.59 Å². The molecule has 0 radical (unpaired) electrons. The molecule has 138 valence electrons. The molecule has 3 rings (SSSR count). The minimum absolute atomic E-state index is 0.308. The molecule has 0 bridgehead atoms. The highest BCUT2D eigenvalue weighted by molar-refractivity contribution is 6.33. The van der Waals surface area contributed by atoms with Gasteiger partial charge in [0.2, 0.25) is 5.91 Å². The molecule has 3 aromatic rings. The highest BCUT2D eigenvalue weighted by Crippen LogP contribution is 2.26. The third-order valence-electron chi connectivity index (χ3n) is 3.50. The lowest BCUT2D eigenvalue weighted by atomic mass is 10.2. The van der Waals surface area contributed by atoms with Gasteiger partial charge in [-0.2, -0.15) is 0 Å². The van der Waals surface area contributed by atoms with Crippen LogP contribution in [0.2, 0.25) is 5.02 Å². The first-order valence-corrected chi connectivity index (χ1v) is 8.39. The molecule has 1 aromatic carbocycles. The van der Waals surface area contributed by atoms with Gasteiger partial charge in [0.1, 0.15) is 11.3 Å². The first-order chi connectivity index (χ1) is 13.0. The predicted molar refractivity (Wildman–Crippen MR) is 103 cm³/mol. The van der Waals surface area contributed by atoms with E-state index in [4.69, 9.17) is 17.3 Å². The van der Waals surface area contributed by atoms with E-state index in [-0.39, 0.29) is 6.03 Å². The zero-order chi connectivity index (χ0) is 19.4. The van der Waals surface area contributed by atoms with Crippen molar-refractivity contribution in [1.29, 1.82) is 0 Å². The van der Waals surface area contributed by atoms with Crippen molar-refractivity contribution in [1.82, 2.24) is 20.3 Å². The maximum Gasteiger partial charge on any atom is 0.320 e. The molecule has 0 spiro atoms. The number of benzene rings is 1. The van der Waals surface area contributed by atoms with Crippen LogP contribution < -0.4 is 21.7 Å². The van der Waals surface area contributed by atoms with E-state index >= 15 is 0 Å². The molecule has 0 aliphatic heterocycles. The molecule has 0 saturated carbocycles. The molecule has 2 heterocycles. The highest BCUT2D eigenvalue weighted by atomic mass is 35.5. The highest BCUT2D eigenvalue weighted by Gasteiger charge is 2.09. The topological polar surface area (TPSA) is 135 Å². The van der Waals surface area contributed by atoms with Gasteiger partial charge in [-0.3, -0.25) is 10.1 Å². The van der Waals surface area contributed by atoms with Crippen LogP contribution >= 0.6 is 11.6 Å². The number of primary amides is 1. The number of amides is 3. The fourth-order valence-corrected chi connectivity index (χ4v) is 2.43. The number of nitrogens with zero attached hydrogens (tertiary/aromatic N) is 3. The van der Waals surface area contributed by atoms with Crippen molar-refractivity contribution in [3.63, 3.8) is 0 Å². The molecule has 3 amide bonds. The second-order valence-corrected chi connectivity index (χ2v) is 5.87. The quantitative estimate of drug-likeness (QED) is 0.533. The SMILES string of the molecule is CCNC(=O)Nc1ccc2ncc(Nc3cc(C(N)=O)ccc3Cl)nc2n1. The molecule has 0 saturated heterocycles. The van der Waals surface area contributed by atoms with Gasteiger partial charge in [0, 0.05) is 12.1 Å². The fraction of sp³-hybridized carbons (Fsp3) is 0.118. The number of nitrogens with one attached hydrogen (secondary N) is 3. The summed E-state index contributed by atoms with van der Waals surface area (Å²) in [6.45, 7) is 2.31. The fourth-order valence-electron chi connectivity index (χ4n) is 2.26. The van der Waals surface area contributed by atoms with Crippen LogP contribution in [-0.2, 0) is 0 Å². The van der Waals surface area contributed by atoms with Crippen molar-refractivity contribution in [3.8, 4) is 0 Å². The van der Waals surface area contributed by atoms with E-state index in [0.29, 0.717) is 45.6 Å². The number of rotatable bonds is 5. The van der Waals surface area contributed by atoms with Crippen LogP contribution in [-0.4, -0.2) is 33.4 Å². The number of anilines is 3. The Balaban J connectivity index is 1.88. The minimum Gasteiger partial charge on any atom is -0.366 e. The minimum atomic E-state index is -0.568. The Morgan fingerprint density at radius 1 is 1.15 bits per heavy atom. The number of halogens is 1. The summed E-state index contributed by atoms with van der Waals surface area (Å²) in [5, 5.41) is 8.60. The maximum absolute atomic E-state index is 11.6. The number of fused-ring (bicyclic) bond motifs is 1. The molecule has 0 aliphatic rings. The number of hydrogen-bond acceptors (Lipinski definition) is 6. The van der Waals surface area contributed by atoms with E-state index in [1.54, 1.807) is 18.2 Å². The first-order valence-electron chi connectivity index (χ1n) is 8.01. The Morgan fingerprint density at radius 2 is 1.93 bits per heavy atom. The van der Waals surface area contributed by atoms with Crippen molar-refractivity contribution in [2.45, 2.75) is 6.92 Å². The average Bonchev–Trinajstić information content (AvgIpc) is 2.63. The summed E-state index contributed by atoms with van der Waals surface area (Å²) in [4.78, 5) is 35.9. The number of carbonyl (C=O) groups is 2. The number of carbonyl (C=O) groups excluding carboxylic acids is 2. The van der Waals surface area contributed by atoms with Crippen molar-refractivity contribution >= 4 is 52.0 Å². The summed E-state index contributed by atoms with van der Waals surface area (Å²) in [6, 6.07) is 7.58. The zero-order valence-corrected chi connectivity index (χ0v) is 15.0. The summed E-state index contributed by atoms with van der Waals surface area (Å²) in [7, 11) is 0. The Kier molecular flexibility index (Phi) is 5.32. The average molecular weight is 386 g/mol. The van der Waals surface area contributed by atoms with Gasteiger partial charge in [0.25, 0.3) is 0 Å². The lowest BCUT2D eigenvalue weighted by molar-refractivity contribution is 0.100. The van der Waals surface area contributed by atoms with Gasteiger partial charge >= 0.3 is 6.03 Å².